The molecule has 1 aromatic carbocycles. The molecule has 0 fully saturated rings. The summed E-state index contributed by atoms with van der Waals surface area (Å²) in [6.45, 7) is 4.69. The number of nitrogens with zero attached hydrogens (tertiary/aromatic N) is 2. The van der Waals surface area contributed by atoms with Crippen LogP contribution in [0.15, 0.2) is 42.7 Å². The van der Waals surface area contributed by atoms with Crippen molar-refractivity contribution >= 4 is 34.1 Å². The maximum Gasteiger partial charge on any atom is 0.272 e. The summed E-state index contributed by atoms with van der Waals surface area (Å²) >= 11 is 6.09. The van der Waals surface area contributed by atoms with Crippen molar-refractivity contribution in [2.24, 2.45) is 0 Å². The quantitative estimate of drug-likeness (QED) is 0.785. The Morgan fingerprint density at radius 2 is 2.00 bits per heavy atom. The Hall–Kier alpha value is -2.33. The van der Waals surface area contributed by atoms with Crippen molar-refractivity contribution in [1.82, 2.24) is 9.55 Å². The van der Waals surface area contributed by atoms with Gasteiger partial charge in [-0.15, -0.1) is 0 Å². The highest BCUT2D eigenvalue weighted by molar-refractivity contribution is 6.31. The molecule has 0 saturated carbocycles. The predicted octanol–water partition coefficient (Wildman–Crippen LogP) is 4.27. The molecule has 22 heavy (non-hydrogen) atoms. The van der Waals surface area contributed by atoms with Crippen LogP contribution in [0.25, 0.3) is 10.9 Å². The normalized spacial score (nSPS) is 10.9. The SMILES string of the molecule is CCn1c(C(=O)Nc2ccncc2)c(C)c2cc(Cl)ccc21. The molecule has 0 radical (unpaired) electrons. The Morgan fingerprint density at radius 3 is 2.68 bits per heavy atom. The Labute approximate surface area is 133 Å². The Morgan fingerprint density at radius 1 is 1.27 bits per heavy atom. The molecule has 0 aliphatic heterocycles. The molecule has 2 aromatic heterocycles. The fourth-order valence-corrected chi connectivity index (χ4v) is 2.91. The summed E-state index contributed by atoms with van der Waals surface area (Å²) in [5.41, 5.74) is 3.34. The molecule has 0 aliphatic rings. The van der Waals surface area contributed by atoms with Crippen LogP contribution in [-0.4, -0.2) is 15.5 Å². The molecule has 0 unspecified atom stereocenters. The Bertz CT molecular complexity index is 840. The highest BCUT2D eigenvalue weighted by Crippen LogP contribution is 2.28. The topological polar surface area (TPSA) is 46.9 Å². The zero-order valence-electron chi connectivity index (χ0n) is 12.4. The van der Waals surface area contributed by atoms with Crippen LogP contribution in [0.4, 0.5) is 5.69 Å². The van der Waals surface area contributed by atoms with E-state index in [0.29, 0.717) is 17.3 Å². The number of nitrogens with one attached hydrogen (secondary N) is 1. The van der Waals surface area contributed by atoms with E-state index in [1.807, 2.05) is 36.6 Å². The van der Waals surface area contributed by atoms with Crippen LogP contribution in [0.5, 0.6) is 0 Å². The van der Waals surface area contributed by atoms with Crippen molar-refractivity contribution in [3.05, 3.63) is 59.0 Å². The molecule has 0 saturated heterocycles. The van der Waals surface area contributed by atoms with E-state index in [2.05, 4.69) is 10.3 Å². The lowest BCUT2D eigenvalue weighted by atomic mass is 10.1. The lowest BCUT2D eigenvalue weighted by Gasteiger charge is -2.09. The summed E-state index contributed by atoms with van der Waals surface area (Å²) < 4.78 is 2.01. The summed E-state index contributed by atoms with van der Waals surface area (Å²) in [6.07, 6.45) is 3.30. The van der Waals surface area contributed by atoms with Gasteiger partial charge in [-0.2, -0.15) is 0 Å². The number of fused-ring (bicyclic) bond motifs is 1. The number of aryl methyl sites for hydroxylation is 2. The fourth-order valence-electron chi connectivity index (χ4n) is 2.74. The number of hydrogen-bond donors (Lipinski definition) is 1. The molecule has 0 atom stereocenters. The number of carbonyl (C=O) groups is 1. The van der Waals surface area contributed by atoms with Gasteiger partial charge in [0.15, 0.2) is 0 Å². The molecule has 112 valence electrons. The zero-order chi connectivity index (χ0) is 15.7. The highest BCUT2D eigenvalue weighted by atomic mass is 35.5. The molecule has 4 nitrogen and oxygen atoms in total. The first kappa shape index (κ1) is 14.6. The first-order chi connectivity index (χ1) is 10.6. The number of aromatic nitrogens is 2. The van der Waals surface area contributed by atoms with E-state index in [4.69, 9.17) is 11.6 Å². The van der Waals surface area contributed by atoms with Gasteiger partial charge in [-0.25, -0.2) is 0 Å². The number of rotatable bonds is 3. The summed E-state index contributed by atoms with van der Waals surface area (Å²) in [6, 6.07) is 9.24. The third kappa shape index (κ3) is 2.46. The standard InChI is InChI=1S/C17H16ClN3O/c1-3-21-15-5-4-12(18)10-14(15)11(2)16(21)17(22)20-13-6-8-19-9-7-13/h4-10H,3H2,1-2H3,(H,19,20,22). The lowest BCUT2D eigenvalue weighted by molar-refractivity contribution is 0.101. The van der Waals surface area contributed by atoms with Gasteiger partial charge in [0.1, 0.15) is 5.69 Å². The van der Waals surface area contributed by atoms with Crippen molar-refractivity contribution in [2.75, 3.05) is 5.32 Å². The van der Waals surface area contributed by atoms with E-state index < -0.39 is 0 Å². The van der Waals surface area contributed by atoms with Crippen molar-refractivity contribution in [3.8, 4) is 0 Å². The van der Waals surface area contributed by atoms with Gasteiger partial charge >= 0.3 is 0 Å². The second-order valence-corrected chi connectivity index (χ2v) is 5.51. The second kappa shape index (κ2) is 5.81. The average molecular weight is 314 g/mol. The highest BCUT2D eigenvalue weighted by Gasteiger charge is 2.19. The Kier molecular flexibility index (Phi) is 3.86. The van der Waals surface area contributed by atoms with Gasteiger partial charge < -0.3 is 9.88 Å². The third-order valence-electron chi connectivity index (χ3n) is 3.75. The minimum atomic E-state index is -0.127. The van der Waals surface area contributed by atoms with Crippen molar-refractivity contribution in [2.45, 2.75) is 20.4 Å². The largest absolute Gasteiger partial charge is 0.337 e. The van der Waals surface area contributed by atoms with E-state index >= 15 is 0 Å². The van der Waals surface area contributed by atoms with Crippen molar-refractivity contribution in [3.63, 3.8) is 0 Å². The van der Waals surface area contributed by atoms with Gasteiger partial charge in [0.25, 0.3) is 5.91 Å². The number of anilines is 1. The minimum absolute atomic E-state index is 0.127. The molecule has 0 aliphatic carbocycles. The third-order valence-corrected chi connectivity index (χ3v) is 3.98. The Balaban J connectivity index is 2.09. The molecule has 0 bridgehead atoms. The van der Waals surface area contributed by atoms with Gasteiger partial charge in [-0.05, 0) is 49.7 Å². The minimum Gasteiger partial charge on any atom is -0.337 e. The van der Waals surface area contributed by atoms with Crippen LogP contribution in [-0.2, 0) is 6.54 Å². The first-order valence-electron chi connectivity index (χ1n) is 7.11. The van der Waals surface area contributed by atoms with Crippen LogP contribution in [0.3, 0.4) is 0 Å². The van der Waals surface area contributed by atoms with E-state index in [9.17, 15) is 4.79 Å². The molecule has 3 aromatic rings. The van der Waals surface area contributed by atoms with E-state index in [1.165, 1.54) is 0 Å². The van der Waals surface area contributed by atoms with Gasteiger partial charge in [-0.3, -0.25) is 9.78 Å². The summed E-state index contributed by atoms with van der Waals surface area (Å²) in [4.78, 5) is 16.6. The smallest absolute Gasteiger partial charge is 0.272 e. The van der Waals surface area contributed by atoms with Gasteiger partial charge in [-0.1, -0.05) is 11.6 Å². The number of benzene rings is 1. The molecule has 5 heteroatoms. The van der Waals surface area contributed by atoms with Crippen LogP contribution >= 0.6 is 11.6 Å². The predicted molar refractivity (Wildman–Crippen MR) is 89.5 cm³/mol. The number of pyridine rings is 1. The monoisotopic (exact) mass is 313 g/mol. The zero-order valence-corrected chi connectivity index (χ0v) is 13.2. The van der Waals surface area contributed by atoms with Crippen LogP contribution in [0.2, 0.25) is 5.02 Å². The molecule has 3 rings (SSSR count). The van der Waals surface area contributed by atoms with E-state index in [-0.39, 0.29) is 5.91 Å². The molecular formula is C17H16ClN3O. The van der Waals surface area contributed by atoms with E-state index in [0.717, 1.165) is 22.2 Å². The van der Waals surface area contributed by atoms with Gasteiger partial charge in [0.2, 0.25) is 0 Å². The maximum absolute atomic E-state index is 12.7. The number of carbonyl (C=O) groups excluding carboxylic acids is 1. The first-order valence-corrected chi connectivity index (χ1v) is 7.49. The number of hydrogen-bond acceptors (Lipinski definition) is 2. The molecule has 1 amide bonds. The van der Waals surface area contributed by atoms with Crippen LogP contribution in [0.1, 0.15) is 23.0 Å². The van der Waals surface area contributed by atoms with Crippen LogP contribution < -0.4 is 5.32 Å². The molecule has 2 heterocycles. The second-order valence-electron chi connectivity index (χ2n) is 5.07. The fraction of sp³-hybridized carbons (Fsp3) is 0.176. The summed E-state index contributed by atoms with van der Waals surface area (Å²) in [5, 5.41) is 4.60. The average Bonchev–Trinajstić information content (AvgIpc) is 2.80. The van der Waals surface area contributed by atoms with Crippen LogP contribution in [0, 0.1) is 6.92 Å². The summed E-state index contributed by atoms with van der Waals surface area (Å²) in [5.74, 6) is -0.127. The summed E-state index contributed by atoms with van der Waals surface area (Å²) in [7, 11) is 0. The molecular weight excluding hydrogens is 298 g/mol. The molecule has 1 N–H and O–H groups in total. The number of halogens is 1. The van der Waals surface area contributed by atoms with Gasteiger partial charge in [0, 0.05) is 40.6 Å². The number of amides is 1. The lowest BCUT2D eigenvalue weighted by Crippen LogP contribution is -2.17. The molecule has 0 spiro atoms. The van der Waals surface area contributed by atoms with Crippen molar-refractivity contribution in [1.29, 1.82) is 0 Å². The van der Waals surface area contributed by atoms with Gasteiger partial charge in [0.05, 0.1) is 0 Å². The van der Waals surface area contributed by atoms with Crippen molar-refractivity contribution < 1.29 is 4.79 Å². The van der Waals surface area contributed by atoms with E-state index in [1.54, 1.807) is 24.5 Å². The maximum atomic E-state index is 12.7.